The van der Waals surface area contributed by atoms with Crippen LogP contribution in [0.4, 0.5) is 14.5 Å². The predicted molar refractivity (Wildman–Crippen MR) is 84.2 cm³/mol. The number of nitrogens with one attached hydrogen (secondary N) is 1. The van der Waals surface area contributed by atoms with Gasteiger partial charge in [0.05, 0.1) is 24.6 Å². The molecule has 1 aliphatic heterocycles. The number of halogens is 2. The van der Waals surface area contributed by atoms with Crippen molar-refractivity contribution in [1.82, 2.24) is 0 Å². The molecule has 4 nitrogen and oxygen atoms in total. The van der Waals surface area contributed by atoms with Crippen LogP contribution in [0.25, 0.3) is 0 Å². The number of anilines is 1. The first-order chi connectivity index (χ1) is 11.1. The fraction of sp³-hybridized carbons (Fsp3) is 0.235. The minimum Gasteiger partial charge on any atom is -0.490 e. The Labute approximate surface area is 132 Å². The summed E-state index contributed by atoms with van der Waals surface area (Å²) in [4.78, 5) is 0. The Balaban J connectivity index is 1.79. The Morgan fingerprint density at radius 2 is 1.83 bits per heavy atom. The van der Waals surface area contributed by atoms with Gasteiger partial charge >= 0.3 is 0 Å². The predicted octanol–water partition coefficient (Wildman–Crippen LogP) is 3.96. The van der Waals surface area contributed by atoms with Crippen LogP contribution in [0.15, 0.2) is 41.5 Å². The summed E-state index contributed by atoms with van der Waals surface area (Å²) in [5, 5.41) is 4.14. The zero-order valence-corrected chi connectivity index (χ0v) is 12.6. The first kappa shape index (κ1) is 15.3. The lowest BCUT2D eigenvalue weighted by Crippen LogP contribution is -2.02. The number of ether oxygens (including phenoxy) is 2. The van der Waals surface area contributed by atoms with E-state index in [2.05, 4.69) is 10.5 Å². The standard InChI is InChI=1S/C17H16F2N2O2/c1-11(20-21-15-5-4-13(18)10-14(15)19)12-3-6-16-17(9-12)23-8-2-7-22-16/h3-6,9-10,21H,2,7-8H2,1H3/b20-11-. The van der Waals surface area contributed by atoms with Crippen LogP contribution < -0.4 is 14.9 Å². The van der Waals surface area contributed by atoms with E-state index in [1.165, 1.54) is 12.1 Å². The van der Waals surface area contributed by atoms with Crippen LogP contribution in [0.2, 0.25) is 0 Å². The summed E-state index contributed by atoms with van der Waals surface area (Å²) in [6.45, 7) is 3.02. The maximum absolute atomic E-state index is 13.6. The van der Waals surface area contributed by atoms with Crippen LogP contribution in [0.1, 0.15) is 18.9 Å². The van der Waals surface area contributed by atoms with Crippen molar-refractivity contribution in [2.45, 2.75) is 13.3 Å². The van der Waals surface area contributed by atoms with Gasteiger partial charge in [0.1, 0.15) is 5.82 Å². The largest absolute Gasteiger partial charge is 0.490 e. The van der Waals surface area contributed by atoms with E-state index in [4.69, 9.17) is 9.47 Å². The third-order valence-corrected chi connectivity index (χ3v) is 3.44. The van der Waals surface area contributed by atoms with Gasteiger partial charge < -0.3 is 9.47 Å². The minimum atomic E-state index is -0.694. The SMILES string of the molecule is C/C(=N/Nc1ccc(F)cc1F)c1ccc2c(c1)OCCCO2. The molecule has 0 fully saturated rings. The number of hydrogen-bond acceptors (Lipinski definition) is 4. The van der Waals surface area contributed by atoms with Gasteiger partial charge in [0, 0.05) is 18.1 Å². The fourth-order valence-corrected chi connectivity index (χ4v) is 2.18. The lowest BCUT2D eigenvalue weighted by Gasteiger charge is -2.09. The van der Waals surface area contributed by atoms with Gasteiger partial charge in [0.15, 0.2) is 17.3 Å². The summed E-state index contributed by atoms with van der Waals surface area (Å²) in [5.74, 6) is 0.0518. The zero-order valence-electron chi connectivity index (χ0n) is 12.6. The normalized spacial score (nSPS) is 14.3. The van der Waals surface area contributed by atoms with Gasteiger partial charge in [-0.3, -0.25) is 5.43 Å². The molecule has 23 heavy (non-hydrogen) atoms. The molecule has 1 heterocycles. The van der Waals surface area contributed by atoms with Gasteiger partial charge in [-0.15, -0.1) is 0 Å². The van der Waals surface area contributed by atoms with Gasteiger partial charge in [-0.25, -0.2) is 8.78 Å². The average molecular weight is 318 g/mol. The molecule has 0 aliphatic carbocycles. The first-order valence-electron chi connectivity index (χ1n) is 7.29. The van der Waals surface area contributed by atoms with Crippen LogP contribution in [-0.4, -0.2) is 18.9 Å². The molecular weight excluding hydrogens is 302 g/mol. The van der Waals surface area contributed by atoms with E-state index in [9.17, 15) is 8.78 Å². The van der Waals surface area contributed by atoms with Crippen LogP contribution >= 0.6 is 0 Å². The number of rotatable bonds is 3. The van der Waals surface area contributed by atoms with E-state index in [1.54, 1.807) is 6.92 Å². The molecule has 0 amide bonds. The smallest absolute Gasteiger partial charge is 0.161 e. The quantitative estimate of drug-likeness (QED) is 0.688. The molecule has 1 aliphatic rings. The van der Waals surface area contributed by atoms with Gasteiger partial charge in [-0.1, -0.05) is 0 Å². The lowest BCUT2D eigenvalue weighted by atomic mass is 10.1. The van der Waals surface area contributed by atoms with Crippen molar-refractivity contribution in [3.63, 3.8) is 0 Å². The van der Waals surface area contributed by atoms with Gasteiger partial charge in [-0.05, 0) is 37.3 Å². The molecule has 0 saturated heterocycles. The van der Waals surface area contributed by atoms with Crippen LogP contribution in [-0.2, 0) is 0 Å². The Morgan fingerprint density at radius 1 is 1.04 bits per heavy atom. The summed E-state index contributed by atoms with van der Waals surface area (Å²) < 4.78 is 37.6. The number of hydrazone groups is 1. The fourth-order valence-electron chi connectivity index (χ4n) is 2.18. The molecule has 0 aromatic heterocycles. The number of fused-ring (bicyclic) bond motifs is 1. The summed E-state index contributed by atoms with van der Waals surface area (Å²) in [6.07, 6.45) is 0.836. The van der Waals surface area contributed by atoms with Gasteiger partial charge in [0.25, 0.3) is 0 Å². The summed E-state index contributed by atoms with van der Waals surface area (Å²) >= 11 is 0. The van der Waals surface area contributed by atoms with Crippen molar-refractivity contribution in [3.05, 3.63) is 53.6 Å². The molecule has 0 radical (unpaired) electrons. The van der Waals surface area contributed by atoms with E-state index in [0.717, 1.165) is 18.1 Å². The molecule has 0 spiro atoms. The second kappa shape index (κ2) is 6.64. The Morgan fingerprint density at radius 3 is 2.61 bits per heavy atom. The Hall–Kier alpha value is -2.63. The second-order valence-electron chi connectivity index (χ2n) is 5.15. The number of nitrogens with zero attached hydrogens (tertiary/aromatic N) is 1. The highest BCUT2D eigenvalue weighted by molar-refractivity contribution is 5.99. The molecule has 0 atom stereocenters. The van der Waals surface area contributed by atoms with Crippen LogP contribution in [0.5, 0.6) is 11.5 Å². The van der Waals surface area contributed by atoms with E-state index in [0.29, 0.717) is 30.4 Å². The highest BCUT2D eigenvalue weighted by atomic mass is 19.1. The van der Waals surface area contributed by atoms with E-state index in [-0.39, 0.29) is 5.69 Å². The third kappa shape index (κ3) is 3.59. The van der Waals surface area contributed by atoms with Gasteiger partial charge in [0.2, 0.25) is 0 Å². The molecular formula is C17H16F2N2O2. The maximum atomic E-state index is 13.6. The van der Waals surface area contributed by atoms with Gasteiger partial charge in [-0.2, -0.15) is 5.10 Å². The van der Waals surface area contributed by atoms with Crippen molar-refractivity contribution in [3.8, 4) is 11.5 Å². The minimum absolute atomic E-state index is 0.111. The van der Waals surface area contributed by atoms with Crippen molar-refractivity contribution < 1.29 is 18.3 Å². The van der Waals surface area contributed by atoms with Crippen molar-refractivity contribution in [2.75, 3.05) is 18.6 Å². The van der Waals surface area contributed by atoms with Crippen molar-refractivity contribution in [2.24, 2.45) is 5.10 Å². The lowest BCUT2D eigenvalue weighted by molar-refractivity contribution is 0.297. The third-order valence-electron chi connectivity index (χ3n) is 3.44. The summed E-state index contributed by atoms with van der Waals surface area (Å²) in [7, 11) is 0. The van der Waals surface area contributed by atoms with E-state index < -0.39 is 11.6 Å². The zero-order chi connectivity index (χ0) is 16.2. The average Bonchev–Trinajstić information content (AvgIpc) is 2.78. The Kier molecular flexibility index (Phi) is 4.41. The maximum Gasteiger partial charge on any atom is 0.161 e. The molecule has 2 aromatic carbocycles. The molecule has 0 saturated carbocycles. The Bertz CT molecular complexity index is 747. The van der Waals surface area contributed by atoms with Crippen molar-refractivity contribution in [1.29, 1.82) is 0 Å². The first-order valence-corrected chi connectivity index (χ1v) is 7.29. The highest BCUT2D eigenvalue weighted by Crippen LogP contribution is 2.30. The topological polar surface area (TPSA) is 42.9 Å². The molecule has 120 valence electrons. The monoisotopic (exact) mass is 318 g/mol. The molecule has 0 unspecified atom stereocenters. The van der Waals surface area contributed by atoms with E-state index >= 15 is 0 Å². The highest BCUT2D eigenvalue weighted by Gasteiger charge is 2.11. The van der Waals surface area contributed by atoms with Crippen LogP contribution in [0, 0.1) is 11.6 Å². The second-order valence-corrected chi connectivity index (χ2v) is 5.15. The molecule has 6 heteroatoms. The van der Waals surface area contributed by atoms with Crippen molar-refractivity contribution >= 4 is 11.4 Å². The molecule has 3 rings (SSSR count). The number of benzene rings is 2. The van der Waals surface area contributed by atoms with Crippen LogP contribution in [0.3, 0.4) is 0 Å². The molecule has 1 N–H and O–H groups in total. The van der Waals surface area contributed by atoms with E-state index in [1.807, 2.05) is 18.2 Å². The summed E-state index contributed by atoms with van der Waals surface area (Å²) in [5.41, 5.74) is 4.18. The molecule has 2 aromatic rings. The summed E-state index contributed by atoms with van der Waals surface area (Å²) in [6, 6.07) is 8.80. The molecule has 0 bridgehead atoms. The number of hydrogen-bond donors (Lipinski definition) is 1.